The van der Waals surface area contributed by atoms with Crippen molar-refractivity contribution in [1.29, 1.82) is 0 Å². The average molecular weight is 368 g/mol. The third-order valence-electron chi connectivity index (χ3n) is 2.66. The SMILES string of the molecule is C[n+]1ccccc1C=Cc1ccccc1[N+](=O)[O-].[I-]. The van der Waals surface area contributed by atoms with E-state index in [1.165, 1.54) is 6.07 Å². The summed E-state index contributed by atoms with van der Waals surface area (Å²) in [6.45, 7) is 0. The molecule has 0 N–H and O–H groups in total. The van der Waals surface area contributed by atoms with E-state index in [2.05, 4.69) is 0 Å². The molecular formula is C14H13IN2O2. The van der Waals surface area contributed by atoms with E-state index in [-0.39, 0.29) is 34.6 Å². The number of para-hydroxylation sites is 1. The van der Waals surface area contributed by atoms with Crippen LogP contribution in [0.5, 0.6) is 0 Å². The van der Waals surface area contributed by atoms with Gasteiger partial charge in [0.25, 0.3) is 5.69 Å². The Morgan fingerprint density at radius 1 is 1.11 bits per heavy atom. The van der Waals surface area contributed by atoms with Crippen LogP contribution < -0.4 is 28.5 Å². The van der Waals surface area contributed by atoms with Gasteiger partial charge in [-0.1, -0.05) is 12.1 Å². The molecule has 1 aromatic heterocycles. The highest BCUT2D eigenvalue weighted by Crippen LogP contribution is 2.19. The maximum absolute atomic E-state index is 10.9. The molecule has 4 nitrogen and oxygen atoms in total. The number of halogens is 1. The summed E-state index contributed by atoms with van der Waals surface area (Å²) < 4.78 is 1.95. The molecule has 0 aliphatic heterocycles. The predicted octanol–water partition coefficient (Wildman–Crippen LogP) is -0.406. The van der Waals surface area contributed by atoms with Crippen molar-refractivity contribution < 1.29 is 33.5 Å². The van der Waals surface area contributed by atoms with Crippen molar-refractivity contribution in [3.8, 4) is 0 Å². The van der Waals surface area contributed by atoms with Gasteiger partial charge in [0, 0.05) is 24.3 Å². The van der Waals surface area contributed by atoms with Crippen LogP contribution in [0.15, 0.2) is 48.7 Å². The first-order valence-electron chi connectivity index (χ1n) is 5.54. The van der Waals surface area contributed by atoms with Gasteiger partial charge in [-0.15, -0.1) is 0 Å². The average Bonchev–Trinajstić information content (AvgIpc) is 2.38. The van der Waals surface area contributed by atoms with Crippen molar-refractivity contribution in [3.63, 3.8) is 0 Å². The molecule has 0 amide bonds. The molecule has 0 spiro atoms. The van der Waals surface area contributed by atoms with E-state index >= 15 is 0 Å². The Hall–Kier alpha value is -1.76. The number of nitro benzene ring substituents is 1. The zero-order valence-corrected chi connectivity index (χ0v) is 12.5. The Labute approximate surface area is 128 Å². The lowest BCUT2D eigenvalue weighted by Crippen LogP contribution is -3.00. The van der Waals surface area contributed by atoms with Crippen LogP contribution in [0.25, 0.3) is 12.2 Å². The van der Waals surface area contributed by atoms with Gasteiger partial charge in [0.15, 0.2) is 6.20 Å². The maximum atomic E-state index is 10.9. The lowest BCUT2D eigenvalue weighted by molar-refractivity contribution is -0.673. The Balaban J connectivity index is 0.00000180. The van der Waals surface area contributed by atoms with Gasteiger partial charge in [0.05, 0.1) is 10.5 Å². The van der Waals surface area contributed by atoms with Gasteiger partial charge in [-0.3, -0.25) is 10.1 Å². The summed E-state index contributed by atoms with van der Waals surface area (Å²) >= 11 is 0. The fourth-order valence-electron chi connectivity index (χ4n) is 1.68. The van der Waals surface area contributed by atoms with Gasteiger partial charge in [-0.25, -0.2) is 4.57 Å². The fourth-order valence-corrected chi connectivity index (χ4v) is 1.68. The van der Waals surface area contributed by atoms with Crippen LogP contribution >= 0.6 is 0 Å². The minimum absolute atomic E-state index is 0. The molecule has 0 radical (unpaired) electrons. The Morgan fingerprint density at radius 2 is 1.79 bits per heavy atom. The van der Waals surface area contributed by atoms with Crippen LogP contribution in [0.2, 0.25) is 0 Å². The first-order valence-corrected chi connectivity index (χ1v) is 5.54. The van der Waals surface area contributed by atoms with Gasteiger partial charge in [-0.2, -0.15) is 0 Å². The zero-order chi connectivity index (χ0) is 13.0. The van der Waals surface area contributed by atoms with E-state index in [0.29, 0.717) is 5.56 Å². The molecule has 0 atom stereocenters. The Bertz CT molecular complexity index is 612. The molecule has 0 fully saturated rings. The molecule has 1 heterocycles. The number of nitro groups is 1. The van der Waals surface area contributed by atoms with Gasteiger partial charge >= 0.3 is 0 Å². The number of aromatic nitrogens is 1. The van der Waals surface area contributed by atoms with Crippen molar-refractivity contribution in [2.24, 2.45) is 7.05 Å². The lowest BCUT2D eigenvalue weighted by Gasteiger charge is -1.96. The minimum atomic E-state index is -0.370. The molecule has 0 unspecified atom stereocenters. The van der Waals surface area contributed by atoms with Crippen molar-refractivity contribution in [1.82, 2.24) is 0 Å². The number of hydrogen-bond acceptors (Lipinski definition) is 2. The normalized spacial score (nSPS) is 10.2. The van der Waals surface area contributed by atoms with Gasteiger partial charge in [-0.05, 0) is 18.2 Å². The van der Waals surface area contributed by atoms with Crippen LogP contribution in [-0.4, -0.2) is 4.92 Å². The number of pyridine rings is 1. The first kappa shape index (κ1) is 15.3. The molecule has 0 aliphatic carbocycles. The molecular weight excluding hydrogens is 355 g/mol. The molecule has 0 aliphatic rings. The van der Waals surface area contributed by atoms with Crippen molar-refractivity contribution in [3.05, 3.63) is 70.0 Å². The summed E-state index contributed by atoms with van der Waals surface area (Å²) in [5.74, 6) is 0. The van der Waals surface area contributed by atoms with E-state index in [0.717, 1.165) is 5.69 Å². The summed E-state index contributed by atoms with van der Waals surface area (Å²) in [7, 11) is 1.93. The largest absolute Gasteiger partial charge is 1.00 e. The molecule has 1 aromatic carbocycles. The van der Waals surface area contributed by atoms with Crippen molar-refractivity contribution in [2.75, 3.05) is 0 Å². The van der Waals surface area contributed by atoms with Gasteiger partial charge < -0.3 is 24.0 Å². The number of rotatable bonds is 3. The summed E-state index contributed by atoms with van der Waals surface area (Å²) in [6.07, 6.45) is 5.55. The number of hydrogen-bond donors (Lipinski definition) is 0. The predicted molar refractivity (Wildman–Crippen MR) is 69.6 cm³/mol. The molecule has 19 heavy (non-hydrogen) atoms. The second-order valence-corrected chi connectivity index (χ2v) is 3.89. The Kier molecular flexibility index (Phi) is 5.62. The standard InChI is InChI=1S/C14H13N2O2.HI/c1-15-11-5-4-7-13(15)10-9-12-6-2-3-8-14(12)16(17)18;/h2-11H,1H3;1H/q+1;/p-1. The van der Waals surface area contributed by atoms with Crippen LogP contribution in [0.1, 0.15) is 11.3 Å². The molecule has 0 saturated heterocycles. The van der Waals surface area contributed by atoms with Crippen molar-refractivity contribution >= 4 is 17.8 Å². The summed E-state index contributed by atoms with van der Waals surface area (Å²) in [5, 5.41) is 10.9. The van der Waals surface area contributed by atoms with E-state index in [1.54, 1.807) is 24.3 Å². The summed E-state index contributed by atoms with van der Waals surface area (Å²) in [5.41, 5.74) is 1.70. The van der Waals surface area contributed by atoms with Crippen LogP contribution in [-0.2, 0) is 7.05 Å². The lowest BCUT2D eigenvalue weighted by atomic mass is 10.1. The molecule has 2 rings (SSSR count). The number of benzene rings is 1. The molecule has 5 heteroatoms. The van der Waals surface area contributed by atoms with E-state index in [1.807, 2.05) is 42.1 Å². The summed E-state index contributed by atoms with van der Waals surface area (Å²) in [4.78, 5) is 10.5. The molecule has 0 bridgehead atoms. The van der Waals surface area contributed by atoms with Crippen LogP contribution in [0.3, 0.4) is 0 Å². The molecule has 2 aromatic rings. The molecule has 98 valence electrons. The van der Waals surface area contributed by atoms with E-state index in [9.17, 15) is 10.1 Å². The van der Waals surface area contributed by atoms with E-state index < -0.39 is 0 Å². The highest BCUT2D eigenvalue weighted by molar-refractivity contribution is 5.72. The van der Waals surface area contributed by atoms with Gasteiger partial charge in [0.1, 0.15) is 7.05 Å². The zero-order valence-electron chi connectivity index (χ0n) is 10.4. The Morgan fingerprint density at radius 3 is 2.47 bits per heavy atom. The van der Waals surface area contributed by atoms with Crippen LogP contribution in [0, 0.1) is 10.1 Å². The third-order valence-corrected chi connectivity index (χ3v) is 2.66. The topological polar surface area (TPSA) is 47.0 Å². The number of nitrogens with zero attached hydrogens (tertiary/aromatic N) is 2. The van der Waals surface area contributed by atoms with E-state index in [4.69, 9.17) is 0 Å². The molecule has 0 saturated carbocycles. The summed E-state index contributed by atoms with van der Waals surface area (Å²) in [6, 6.07) is 12.5. The van der Waals surface area contributed by atoms with Crippen molar-refractivity contribution in [2.45, 2.75) is 0 Å². The highest BCUT2D eigenvalue weighted by Gasteiger charge is 2.09. The fraction of sp³-hybridized carbons (Fsp3) is 0.0714. The smallest absolute Gasteiger partial charge is 0.276 e. The highest BCUT2D eigenvalue weighted by atomic mass is 127. The quantitative estimate of drug-likeness (QED) is 0.320. The second kappa shape index (κ2) is 6.98. The monoisotopic (exact) mass is 368 g/mol. The second-order valence-electron chi connectivity index (χ2n) is 3.89. The first-order chi connectivity index (χ1) is 8.68. The van der Waals surface area contributed by atoms with Gasteiger partial charge in [0.2, 0.25) is 5.69 Å². The maximum Gasteiger partial charge on any atom is 0.276 e. The third kappa shape index (κ3) is 3.85. The number of aryl methyl sites for hydroxylation is 1. The van der Waals surface area contributed by atoms with Crippen LogP contribution in [0.4, 0.5) is 5.69 Å². The minimum Gasteiger partial charge on any atom is -1.00 e.